The van der Waals surface area contributed by atoms with Crippen LogP contribution in [0.15, 0.2) is 59.2 Å². The molecule has 4 nitrogen and oxygen atoms in total. The van der Waals surface area contributed by atoms with Crippen LogP contribution in [-0.4, -0.2) is 18.7 Å². The molecule has 2 aromatic carbocycles. The molecule has 1 heterocycles. The second-order valence-corrected chi connectivity index (χ2v) is 5.55. The number of methoxy groups -OCH3 is 1. The zero-order valence-corrected chi connectivity index (χ0v) is 13.5. The second kappa shape index (κ2) is 6.26. The molecule has 0 spiro atoms. The first-order chi connectivity index (χ1) is 11.1. The van der Waals surface area contributed by atoms with Crippen LogP contribution >= 0.6 is 11.6 Å². The minimum Gasteiger partial charge on any atom is -0.497 e. The van der Waals surface area contributed by atoms with Gasteiger partial charge in [-0.3, -0.25) is 4.79 Å². The molecule has 3 rings (SSSR count). The second-order valence-electron chi connectivity index (χ2n) is 5.11. The number of amides is 1. The molecule has 0 N–H and O–H groups in total. The van der Waals surface area contributed by atoms with Crippen molar-refractivity contribution in [2.45, 2.75) is 6.92 Å². The van der Waals surface area contributed by atoms with Gasteiger partial charge in [-0.15, -0.1) is 0 Å². The summed E-state index contributed by atoms with van der Waals surface area (Å²) in [4.78, 5) is 12.6. The van der Waals surface area contributed by atoms with Crippen molar-refractivity contribution >= 4 is 35.0 Å². The van der Waals surface area contributed by atoms with Crippen molar-refractivity contribution in [3.8, 4) is 5.75 Å². The molecular formula is C18H15ClN2O2. The van der Waals surface area contributed by atoms with Gasteiger partial charge in [-0.1, -0.05) is 29.8 Å². The molecule has 5 heteroatoms. The summed E-state index contributed by atoms with van der Waals surface area (Å²) in [7, 11) is 1.62. The zero-order valence-electron chi connectivity index (χ0n) is 12.8. The molecule has 2 aromatic rings. The quantitative estimate of drug-likeness (QED) is 0.795. The molecular weight excluding hydrogens is 312 g/mol. The van der Waals surface area contributed by atoms with E-state index in [1.54, 1.807) is 31.4 Å². The van der Waals surface area contributed by atoms with E-state index in [4.69, 9.17) is 16.3 Å². The molecule has 1 aliphatic heterocycles. The highest BCUT2D eigenvalue weighted by Crippen LogP contribution is 2.27. The highest BCUT2D eigenvalue weighted by atomic mass is 35.5. The average molecular weight is 327 g/mol. The topological polar surface area (TPSA) is 41.9 Å². The van der Waals surface area contributed by atoms with Crippen LogP contribution in [0.2, 0.25) is 5.02 Å². The lowest BCUT2D eigenvalue weighted by molar-refractivity contribution is -0.114. The minimum absolute atomic E-state index is 0.166. The predicted octanol–water partition coefficient (Wildman–Crippen LogP) is 4.15. The molecule has 0 aliphatic carbocycles. The maximum absolute atomic E-state index is 12.6. The van der Waals surface area contributed by atoms with Crippen LogP contribution in [0.1, 0.15) is 12.5 Å². The van der Waals surface area contributed by atoms with Crippen LogP contribution in [0.5, 0.6) is 5.75 Å². The van der Waals surface area contributed by atoms with Crippen LogP contribution < -0.4 is 9.75 Å². The lowest BCUT2D eigenvalue weighted by Gasteiger charge is -2.11. The Labute approximate surface area is 139 Å². The summed E-state index contributed by atoms with van der Waals surface area (Å²) in [6, 6.07) is 14.6. The van der Waals surface area contributed by atoms with E-state index in [-0.39, 0.29) is 5.91 Å². The van der Waals surface area contributed by atoms with Crippen molar-refractivity contribution < 1.29 is 9.53 Å². The summed E-state index contributed by atoms with van der Waals surface area (Å²) in [6.07, 6.45) is 1.82. The van der Waals surface area contributed by atoms with Crippen molar-refractivity contribution in [3.05, 3.63) is 64.7 Å². The molecule has 0 unspecified atom stereocenters. The third-order valence-corrected chi connectivity index (χ3v) is 3.78. The van der Waals surface area contributed by atoms with Crippen LogP contribution in [0.25, 0.3) is 6.08 Å². The molecule has 0 bridgehead atoms. The summed E-state index contributed by atoms with van der Waals surface area (Å²) >= 11 is 5.99. The van der Waals surface area contributed by atoms with Crippen molar-refractivity contribution in [1.29, 1.82) is 0 Å². The molecule has 0 saturated carbocycles. The molecule has 0 atom stereocenters. The first-order valence-electron chi connectivity index (χ1n) is 7.10. The van der Waals surface area contributed by atoms with Crippen LogP contribution in [-0.2, 0) is 4.79 Å². The van der Waals surface area contributed by atoms with E-state index < -0.39 is 0 Å². The monoisotopic (exact) mass is 326 g/mol. The van der Waals surface area contributed by atoms with Crippen LogP contribution in [0.4, 0.5) is 5.69 Å². The first kappa shape index (κ1) is 15.3. The fraction of sp³-hybridized carbons (Fsp3) is 0.111. The number of hydrogen-bond acceptors (Lipinski definition) is 3. The van der Waals surface area contributed by atoms with Crippen LogP contribution in [0.3, 0.4) is 0 Å². The molecule has 1 aliphatic rings. The third kappa shape index (κ3) is 3.12. The van der Waals surface area contributed by atoms with Crippen molar-refractivity contribution in [1.82, 2.24) is 0 Å². The van der Waals surface area contributed by atoms with Gasteiger partial charge >= 0.3 is 0 Å². The molecule has 0 fully saturated rings. The summed E-state index contributed by atoms with van der Waals surface area (Å²) in [6.45, 7) is 1.82. The van der Waals surface area contributed by atoms with Gasteiger partial charge in [0.15, 0.2) is 0 Å². The maximum atomic E-state index is 12.6. The largest absolute Gasteiger partial charge is 0.497 e. The Bertz CT molecular complexity index is 810. The van der Waals surface area contributed by atoms with E-state index in [1.807, 2.05) is 37.3 Å². The summed E-state index contributed by atoms with van der Waals surface area (Å²) < 4.78 is 5.14. The standard InChI is InChI=1S/C18H15ClN2O2/c1-12-17(10-13-6-8-16(23-2)9-7-13)18(22)21(20-12)15-5-3-4-14(19)11-15/h3-11H,1-2H3. The first-order valence-corrected chi connectivity index (χ1v) is 7.47. The number of anilines is 1. The third-order valence-electron chi connectivity index (χ3n) is 3.54. The smallest absolute Gasteiger partial charge is 0.280 e. The van der Waals surface area contributed by atoms with Crippen molar-refractivity contribution in [2.24, 2.45) is 5.10 Å². The zero-order chi connectivity index (χ0) is 16.4. The van der Waals surface area contributed by atoms with Crippen molar-refractivity contribution in [2.75, 3.05) is 12.1 Å². The SMILES string of the molecule is COc1ccc(C=C2C(=O)N(c3cccc(Cl)c3)N=C2C)cc1. The van der Waals surface area contributed by atoms with E-state index >= 15 is 0 Å². The van der Waals surface area contributed by atoms with Crippen molar-refractivity contribution in [3.63, 3.8) is 0 Å². The average Bonchev–Trinajstić information content (AvgIpc) is 2.84. The van der Waals surface area contributed by atoms with Gasteiger partial charge in [0.05, 0.1) is 24.1 Å². The fourth-order valence-corrected chi connectivity index (χ4v) is 2.52. The lowest BCUT2D eigenvalue weighted by Crippen LogP contribution is -2.21. The number of nitrogens with zero attached hydrogens (tertiary/aromatic N) is 2. The fourth-order valence-electron chi connectivity index (χ4n) is 2.33. The van der Waals surface area contributed by atoms with Gasteiger partial charge in [-0.2, -0.15) is 10.1 Å². The molecule has 0 radical (unpaired) electrons. The highest BCUT2D eigenvalue weighted by Gasteiger charge is 2.28. The van der Waals surface area contributed by atoms with Crippen LogP contribution in [0, 0.1) is 0 Å². The van der Waals surface area contributed by atoms with Gasteiger partial charge in [-0.05, 0) is 48.9 Å². The number of carbonyl (C=O) groups excluding carboxylic acids is 1. The molecule has 0 aromatic heterocycles. The van der Waals surface area contributed by atoms with E-state index in [0.717, 1.165) is 11.3 Å². The molecule has 1 amide bonds. The Morgan fingerprint density at radius 2 is 1.91 bits per heavy atom. The van der Waals surface area contributed by atoms with Gasteiger partial charge in [-0.25, -0.2) is 0 Å². The predicted molar refractivity (Wildman–Crippen MR) is 93.0 cm³/mol. The Morgan fingerprint density at radius 1 is 1.17 bits per heavy atom. The highest BCUT2D eigenvalue weighted by molar-refractivity contribution is 6.33. The number of halogens is 1. The molecule has 0 saturated heterocycles. The minimum atomic E-state index is -0.166. The van der Waals surface area contributed by atoms with Gasteiger partial charge in [0.25, 0.3) is 5.91 Å². The summed E-state index contributed by atoms with van der Waals surface area (Å²) in [5.74, 6) is 0.608. The Kier molecular flexibility index (Phi) is 4.17. The van der Waals surface area contributed by atoms with Gasteiger partial charge in [0.1, 0.15) is 5.75 Å². The number of benzene rings is 2. The normalized spacial score (nSPS) is 16.0. The summed E-state index contributed by atoms with van der Waals surface area (Å²) in [5.41, 5.74) is 2.80. The molecule has 23 heavy (non-hydrogen) atoms. The van der Waals surface area contributed by atoms with E-state index in [0.29, 0.717) is 22.0 Å². The number of hydrogen-bond donors (Lipinski definition) is 0. The van der Waals surface area contributed by atoms with Gasteiger partial charge < -0.3 is 4.74 Å². The Morgan fingerprint density at radius 3 is 2.57 bits per heavy atom. The van der Waals surface area contributed by atoms with E-state index in [2.05, 4.69) is 5.10 Å². The number of rotatable bonds is 3. The van der Waals surface area contributed by atoms with E-state index in [9.17, 15) is 4.79 Å². The number of carbonyl (C=O) groups is 1. The maximum Gasteiger partial charge on any atom is 0.280 e. The van der Waals surface area contributed by atoms with Gasteiger partial charge in [0, 0.05) is 5.02 Å². The van der Waals surface area contributed by atoms with E-state index in [1.165, 1.54) is 5.01 Å². The lowest BCUT2D eigenvalue weighted by atomic mass is 10.1. The Hall–Kier alpha value is -2.59. The Balaban J connectivity index is 1.91. The number of ether oxygens (including phenoxy) is 1. The van der Waals surface area contributed by atoms with Gasteiger partial charge in [0.2, 0.25) is 0 Å². The molecule has 116 valence electrons. The summed E-state index contributed by atoms with van der Waals surface area (Å²) in [5, 5.41) is 6.28. The number of hydrazone groups is 1.